The van der Waals surface area contributed by atoms with Gasteiger partial charge in [-0.1, -0.05) is 24.6 Å². The molecule has 2 heterocycles. The number of hydrogen-bond acceptors (Lipinski definition) is 4. The van der Waals surface area contributed by atoms with E-state index in [-0.39, 0.29) is 0 Å². The number of aromatic nitrogens is 2. The second-order valence-electron chi connectivity index (χ2n) is 4.29. The molecule has 3 nitrogen and oxygen atoms in total. The van der Waals surface area contributed by atoms with E-state index in [1.807, 2.05) is 13.0 Å². The van der Waals surface area contributed by atoms with Gasteiger partial charge < -0.3 is 4.74 Å². The molecule has 5 heteroatoms. The van der Waals surface area contributed by atoms with Crippen LogP contribution in [0.4, 0.5) is 0 Å². The Balaban J connectivity index is 2.02. The molecule has 0 spiro atoms. The number of aryl methyl sites for hydroxylation is 1. The maximum Gasteiger partial charge on any atom is 0.221 e. The molecule has 2 rings (SSSR count). The first-order valence-electron chi connectivity index (χ1n) is 6.39. The first-order valence-corrected chi connectivity index (χ1v) is 7.64. The second kappa shape index (κ2) is 6.87. The van der Waals surface area contributed by atoms with Crippen molar-refractivity contribution in [1.82, 2.24) is 9.97 Å². The zero-order valence-corrected chi connectivity index (χ0v) is 12.7. The van der Waals surface area contributed by atoms with Crippen LogP contribution in [0.5, 0.6) is 5.88 Å². The maximum absolute atomic E-state index is 6.10. The van der Waals surface area contributed by atoms with Crippen LogP contribution in [0.25, 0.3) is 0 Å². The lowest BCUT2D eigenvalue weighted by Gasteiger charge is -2.10. The summed E-state index contributed by atoms with van der Waals surface area (Å²) < 4.78 is 5.75. The molecular weight excluding hydrogens is 280 g/mol. The van der Waals surface area contributed by atoms with Crippen molar-refractivity contribution in [3.05, 3.63) is 38.9 Å². The third-order valence-corrected chi connectivity index (χ3v) is 4.03. The van der Waals surface area contributed by atoms with Crippen molar-refractivity contribution in [2.45, 2.75) is 33.1 Å². The van der Waals surface area contributed by atoms with Gasteiger partial charge >= 0.3 is 0 Å². The van der Waals surface area contributed by atoms with Crippen LogP contribution >= 0.6 is 22.9 Å². The van der Waals surface area contributed by atoms with E-state index < -0.39 is 0 Å². The van der Waals surface area contributed by atoms with Crippen molar-refractivity contribution in [3.8, 4) is 5.88 Å². The molecule has 0 aliphatic carbocycles. The van der Waals surface area contributed by atoms with Gasteiger partial charge in [-0.3, -0.25) is 0 Å². The molecular formula is C14H17ClN2OS. The normalized spacial score (nSPS) is 10.7. The summed E-state index contributed by atoms with van der Waals surface area (Å²) in [6, 6.07) is 4.16. The molecule has 2 aromatic rings. The van der Waals surface area contributed by atoms with E-state index in [1.54, 1.807) is 11.3 Å². The van der Waals surface area contributed by atoms with Gasteiger partial charge in [0.05, 0.1) is 6.61 Å². The van der Waals surface area contributed by atoms with Crippen molar-refractivity contribution in [3.63, 3.8) is 0 Å². The number of hydrogen-bond donors (Lipinski definition) is 0. The highest BCUT2D eigenvalue weighted by atomic mass is 35.5. The number of rotatable bonds is 6. The molecule has 0 radical (unpaired) electrons. The van der Waals surface area contributed by atoms with Gasteiger partial charge in [-0.05, 0) is 24.8 Å². The third-order valence-electron chi connectivity index (χ3n) is 2.73. The summed E-state index contributed by atoms with van der Waals surface area (Å²) in [5.74, 6) is 1.37. The number of halogens is 1. The molecule has 0 saturated heterocycles. The average molecular weight is 297 g/mol. The third kappa shape index (κ3) is 3.91. The van der Waals surface area contributed by atoms with Crippen LogP contribution in [-0.2, 0) is 12.8 Å². The predicted octanol–water partition coefficient (Wildman–Crippen LogP) is 4.07. The molecule has 0 fully saturated rings. The number of thiophene rings is 1. The van der Waals surface area contributed by atoms with Crippen LogP contribution < -0.4 is 4.74 Å². The van der Waals surface area contributed by atoms with E-state index in [0.29, 0.717) is 17.6 Å². The lowest BCUT2D eigenvalue weighted by molar-refractivity contribution is 0.306. The highest BCUT2D eigenvalue weighted by Crippen LogP contribution is 2.22. The summed E-state index contributed by atoms with van der Waals surface area (Å²) in [5.41, 5.74) is 0.813. The Hall–Kier alpha value is -1.13. The lowest BCUT2D eigenvalue weighted by Crippen LogP contribution is -2.06. The van der Waals surface area contributed by atoms with Crippen molar-refractivity contribution >= 4 is 22.9 Å². The Morgan fingerprint density at radius 1 is 1.32 bits per heavy atom. The van der Waals surface area contributed by atoms with Crippen molar-refractivity contribution < 1.29 is 4.74 Å². The lowest BCUT2D eigenvalue weighted by atomic mass is 10.3. The molecule has 0 bridgehead atoms. The van der Waals surface area contributed by atoms with Crippen LogP contribution in [0.15, 0.2) is 17.5 Å². The molecule has 0 aliphatic heterocycles. The zero-order valence-electron chi connectivity index (χ0n) is 11.1. The minimum absolute atomic E-state index is 0.490. The summed E-state index contributed by atoms with van der Waals surface area (Å²) in [5, 5.41) is 2.56. The van der Waals surface area contributed by atoms with Gasteiger partial charge in [0.25, 0.3) is 0 Å². The Morgan fingerprint density at radius 3 is 2.84 bits per heavy atom. The Kier molecular flexibility index (Phi) is 5.16. The summed E-state index contributed by atoms with van der Waals surface area (Å²) in [6.45, 7) is 4.59. The van der Waals surface area contributed by atoms with E-state index >= 15 is 0 Å². The summed E-state index contributed by atoms with van der Waals surface area (Å²) in [4.78, 5) is 10.00. The Morgan fingerprint density at radius 2 is 2.16 bits per heavy atom. The van der Waals surface area contributed by atoms with E-state index in [0.717, 1.165) is 30.7 Å². The molecule has 0 amide bonds. The number of ether oxygens (including phenoxy) is 1. The van der Waals surface area contributed by atoms with Crippen molar-refractivity contribution in [2.24, 2.45) is 0 Å². The van der Waals surface area contributed by atoms with Crippen LogP contribution in [0.1, 0.15) is 29.6 Å². The van der Waals surface area contributed by atoms with Gasteiger partial charge in [-0.2, -0.15) is 4.98 Å². The molecule has 0 aliphatic rings. The molecule has 0 N–H and O–H groups in total. The van der Waals surface area contributed by atoms with Gasteiger partial charge in [-0.15, -0.1) is 11.3 Å². The van der Waals surface area contributed by atoms with Crippen LogP contribution in [-0.4, -0.2) is 16.6 Å². The van der Waals surface area contributed by atoms with Crippen LogP contribution in [0.2, 0.25) is 5.15 Å². The maximum atomic E-state index is 6.10. The molecule has 102 valence electrons. The van der Waals surface area contributed by atoms with E-state index in [2.05, 4.69) is 28.3 Å². The van der Waals surface area contributed by atoms with Gasteiger partial charge in [0.2, 0.25) is 5.88 Å². The predicted molar refractivity (Wildman–Crippen MR) is 79.3 cm³/mol. The fourth-order valence-corrected chi connectivity index (χ4v) is 2.56. The first kappa shape index (κ1) is 14.3. The minimum Gasteiger partial charge on any atom is -0.477 e. The van der Waals surface area contributed by atoms with Crippen molar-refractivity contribution in [2.75, 3.05) is 6.61 Å². The summed E-state index contributed by atoms with van der Waals surface area (Å²) >= 11 is 7.84. The SMILES string of the molecule is CCCc1nc(Cl)c(C)c(OCCc2cccs2)n1. The highest BCUT2D eigenvalue weighted by Gasteiger charge is 2.10. The number of nitrogens with zero attached hydrogens (tertiary/aromatic N) is 2. The molecule has 0 unspecified atom stereocenters. The molecule has 19 heavy (non-hydrogen) atoms. The van der Waals surface area contributed by atoms with Gasteiger partial charge in [0, 0.05) is 23.3 Å². The molecule has 0 atom stereocenters. The fourth-order valence-electron chi connectivity index (χ4n) is 1.69. The quantitative estimate of drug-likeness (QED) is 0.754. The topological polar surface area (TPSA) is 35.0 Å². The second-order valence-corrected chi connectivity index (χ2v) is 5.68. The zero-order chi connectivity index (χ0) is 13.7. The molecule has 0 aromatic carbocycles. The summed E-state index contributed by atoms with van der Waals surface area (Å²) in [6.07, 6.45) is 2.71. The van der Waals surface area contributed by atoms with Crippen LogP contribution in [0, 0.1) is 6.92 Å². The molecule has 0 saturated carbocycles. The highest BCUT2D eigenvalue weighted by molar-refractivity contribution is 7.09. The summed E-state index contributed by atoms with van der Waals surface area (Å²) in [7, 11) is 0. The van der Waals surface area contributed by atoms with Gasteiger partial charge in [0.15, 0.2) is 0 Å². The average Bonchev–Trinajstić information content (AvgIpc) is 2.88. The largest absolute Gasteiger partial charge is 0.477 e. The standard InChI is InChI=1S/C14H17ClN2OS/c1-3-5-12-16-13(15)10(2)14(17-12)18-8-7-11-6-4-9-19-11/h4,6,9H,3,5,7-8H2,1-2H3. The van der Waals surface area contributed by atoms with Gasteiger partial charge in [-0.25, -0.2) is 4.98 Å². The van der Waals surface area contributed by atoms with E-state index in [4.69, 9.17) is 16.3 Å². The Labute approximate surface area is 122 Å². The van der Waals surface area contributed by atoms with E-state index in [9.17, 15) is 0 Å². The fraction of sp³-hybridized carbons (Fsp3) is 0.429. The first-order chi connectivity index (χ1) is 9.20. The van der Waals surface area contributed by atoms with Crippen molar-refractivity contribution in [1.29, 1.82) is 0 Å². The minimum atomic E-state index is 0.490. The van der Waals surface area contributed by atoms with E-state index in [1.165, 1.54) is 4.88 Å². The van der Waals surface area contributed by atoms with Crippen LogP contribution in [0.3, 0.4) is 0 Å². The monoisotopic (exact) mass is 296 g/mol. The molecule has 2 aromatic heterocycles. The van der Waals surface area contributed by atoms with Gasteiger partial charge in [0.1, 0.15) is 11.0 Å². The Bertz CT molecular complexity index is 528. The smallest absolute Gasteiger partial charge is 0.221 e.